The average Bonchev–Trinajstić information content (AvgIpc) is 2.74. The van der Waals surface area contributed by atoms with Gasteiger partial charge in [-0.1, -0.05) is 31.5 Å². The van der Waals surface area contributed by atoms with Gasteiger partial charge in [0.05, 0.1) is 0 Å². The Kier molecular flexibility index (Phi) is 7.00. The summed E-state index contributed by atoms with van der Waals surface area (Å²) in [4.78, 5) is 30.4. The first-order chi connectivity index (χ1) is 13.7. The van der Waals surface area contributed by atoms with Crippen LogP contribution in [0.2, 0.25) is 0 Å². The highest BCUT2D eigenvalue weighted by atomic mass is 16.5. The Bertz CT molecular complexity index is 769. The third-order valence-corrected chi connectivity index (χ3v) is 4.90. The number of amides is 2. The number of carbonyl (C=O) groups excluding carboxylic acids is 2. The van der Waals surface area contributed by atoms with Crippen LogP contribution < -0.4 is 10.1 Å². The van der Waals surface area contributed by atoms with E-state index >= 15 is 0 Å². The van der Waals surface area contributed by atoms with Crippen molar-refractivity contribution in [1.82, 2.24) is 15.2 Å². The van der Waals surface area contributed by atoms with Gasteiger partial charge in [0.1, 0.15) is 11.4 Å². The molecule has 3 rings (SSSR count). The Balaban J connectivity index is 1.40. The number of ether oxygens (including phenoxy) is 1. The molecule has 1 N–H and O–H groups in total. The van der Waals surface area contributed by atoms with E-state index in [1.807, 2.05) is 24.3 Å². The Morgan fingerprint density at radius 2 is 1.89 bits per heavy atom. The molecule has 2 amide bonds. The van der Waals surface area contributed by atoms with Crippen LogP contribution in [0.4, 0.5) is 0 Å². The smallest absolute Gasteiger partial charge is 0.270 e. The SMILES string of the molecule is CCCc1ccc(OCC(=O)N2CCC(NC(=O)c3ccccn3)CC2)cc1. The number of aromatic nitrogens is 1. The van der Waals surface area contributed by atoms with Crippen molar-refractivity contribution in [2.45, 2.75) is 38.6 Å². The first kappa shape index (κ1) is 19.9. The van der Waals surface area contributed by atoms with Crippen molar-refractivity contribution in [3.05, 3.63) is 59.9 Å². The second-order valence-electron chi connectivity index (χ2n) is 7.03. The number of aryl methyl sites for hydroxylation is 1. The standard InChI is InChI=1S/C22H27N3O3/c1-2-5-17-7-9-19(10-8-17)28-16-21(26)25-14-11-18(12-15-25)24-22(27)20-6-3-4-13-23-20/h3-4,6-10,13,18H,2,5,11-12,14-16H2,1H3,(H,24,27). The summed E-state index contributed by atoms with van der Waals surface area (Å²) in [5.41, 5.74) is 1.69. The van der Waals surface area contributed by atoms with E-state index in [0.717, 1.165) is 25.7 Å². The molecule has 1 aliphatic heterocycles. The van der Waals surface area contributed by atoms with Gasteiger partial charge in [0, 0.05) is 25.3 Å². The summed E-state index contributed by atoms with van der Waals surface area (Å²) in [7, 11) is 0. The topological polar surface area (TPSA) is 71.5 Å². The van der Waals surface area contributed by atoms with Crippen LogP contribution in [0.5, 0.6) is 5.75 Å². The van der Waals surface area contributed by atoms with Crippen molar-refractivity contribution in [1.29, 1.82) is 0 Å². The first-order valence-electron chi connectivity index (χ1n) is 9.87. The number of nitrogens with one attached hydrogen (secondary N) is 1. The molecule has 1 saturated heterocycles. The molecule has 1 aromatic carbocycles. The van der Waals surface area contributed by atoms with Crippen LogP contribution in [0.25, 0.3) is 0 Å². The highest BCUT2D eigenvalue weighted by Crippen LogP contribution is 2.15. The molecule has 2 heterocycles. The van der Waals surface area contributed by atoms with Gasteiger partial charge >= 0.3 is 0 Å². The first-order valence-corrected chi connectivity index (χ1v) is 9.87. The lowest BCUT2D eigenvalue weighted by atomic mass is 10.0. The quantitative estimate of drug-likeness (QED) is 0.801. The zero-order valence-electron chi connectivity index (χ0n) is 16.3. The summed E-state index contributed by atoms with van der Waals surface area (Å²) in [6.45, 7) is 3.42. The molecule has 0 atom stereocenters. The third kappa shape index (κ3) is 5.55. The molecule has 6 nitrogen and oxygen atoms in total. The lowest BCUT2D eigenvalue weighted by Crippen LogP contribution is -2.47. The van der Waals surface area contributed by atoms with Crippen LogP contribution in [-0.2, 0) is 11.2 Å². The Morgan fingerprint density at radius 3 is 2.54 bits per heavy atom. The third-order valence-electron chi connectivity index (χ3n) is 4.90. The minimum Gasteiger partial charge on any atom is -0.484 e. The minimum absolute atomic E-state index is 0.0212. The van der Waals surface area contributed by atoms with Gasteiger partial charge in [-0.05, 0) is 49.1 Å². The van der Waals surface area contributed by atoms with Gasteiger partial charge < -0.3 is 15.0 Å². The fourth-order valence-electron chi connectivity index (χ4n) is 3.31. The van der Waals surface area contributed by atoms with Crippen LogP contribution in [0.15, 0.2) is 48.7 Å². The van der Waals surface area contributed by atoms with E-state index < -0.39 is 0 Å². The summed E-state index contributed by atoms with van der Waals surface area (Å²) < 4.78 is 5.63. The van der Waals surface area contributed by atoms with Crippen molar-refractivity contribution in [2.75, 3.05) is 19.7 Å². The molecule has 2 aromatic rings. The monoisotopic (exact) mass is 381 g/mol. The van der Waals surface area contributed by atoms with Gasteiger partial charge in [-0.15, -0.1) is 0 Å². The van der Waals surface area contributed by atoms with Gasteiger partial charge in [-0.25, -0.2) is 0 Å². The maximum atomic E-state index is 12.4. The maximum absolute atomic E-state index is 12.4. The normalized spacial score (nSPS) is 14.5. The Labute approximate surface area is 165 Å². The van der Waals surface area contributed by atoms with E-state index in [4.69, 9.17) is 4.74 Å². The average molecular weight is 381 g/mol. The molecule has 0 saturated carbocycles. The molecule has 1 aromatic heterocycles. The van der Waals surface area contributed by atoms with Gasteiger partial charge in [0.15, 0.2) is 6.61 Å². The number of likely N-dealkylation sites (tertiary alicyclic amines) is 1. The van der Waals surface area contributed by atoms with E-state index in [2.05, 4.69) is 17.2 Å². The fraction of sp³-hybridized carbons (Fsp3) is 0.409. The number of hydrogen-bond acceptors (Lipinski definition) is 4. The molecule has 1 fully saturated rings. The maximum Gasteiger partial charge on any atom is 0.270 e. The number of hydrogen-bond donors (Lipinski definition) is 1. The lowest BCUT2D eigenvalue weighted by molar-refractivity contribution is -0.134. The van der Waals surface area contributed by atoms with Gasteiger partial charge in [0.2, 0.25) is 0 Å². The predicted octanol–water partition coefficient (Wildman–Crippen LogP) is 2.83. The van der Waals surface area contributed by atoms with Crippen molar-refractivity contribution >= 4 is 11.8 Å². The molecule has 148 valence electrons. The summed E-state index contributed by atoms with van der Waals surface area (Å²) >= 11 is 0. The number of rotatable bonds is 7. The van der Waals surface area contributed by atoms with Gasteiger partial charge in [-0.2, -0.15) is 0 Å². The van der Waals surface area contributed by atoms with E-state index in [9.17, 15) is 9.59 Å². The molecule has 0 unspecified atom stereocenters. The molecule has 6 heteroatoms. The molecular weight excluding hydrogens is 354 g/mol. The zero-order chi connectivity index (χ0) is 19.8. The van der Waals surface area contributed by atoms with Crippen LogP contribution in [-0.4, -0.2) is 47.4 Å². The van der Waals surface area contributed by atoms with Crippen molar-refractivity contribution in [2.24, 2.45) is 0 Å². The summed E-state index contributed by atoms with van der Waals surface area (Å²) in [6, 6.07) is 13.2. The predicted molar refractivity (Wildman–Crippen MR) is 107 cm³/mol. The molecule has 1 aliphatic rings. The van der Waals surface area contributed by atoms with E-state index in [0.29, 0.717) is 24.5 Å². The number of pyridine rings is 1. The largest absolute Gasteiger partial charge is 0.484 e. The second kappa shape index (κ2) is 9.88. The summed E-state index contributed by atoms with van der Waals surface area (Å²) in [5.74, 6) is 0.526. The van der Waals surface area contributed by atoms with E-state index in [1.54, 1.807) is 29.3 Å². The second-order valence-corrected chi connectivity index (χ2v) is 7.03. The van der Waals surface area contributed by atoms with Crippen molar-refractivity contribution < 1.29 is 14.3 Å². The number of nitrogens with zero attached hydrogens (tertiary/aromatic N) is 2. The number of piperidine rings is 1. The fourth-order valence-corrected chi connectivity index (χ4v) is 3.31. The Morgan fingerprint density at radius 1 is 1.14 bits per heavy atom. The van der Waals surface area contributed by atoms with E-state index in [1.165, 1.54) is 5.56 Å². The van der Waals surface area contributed by atoms with E-state index in [-0.39, 0.29) is 24.5 Å². The minimum atomic E-state index is -0.166. The van der Waals surface area contributed by atoms with Crippen LogP contribution in [0.3, 0.4) is 0 Å². The molecule has 28 heavy (non-hydrogen) atoms. The number of benzene rings is 1. The molecule has 0 aliphatic carbocycles. The Hall–Kier alpha value is -2.89. The van der Waals surface area contributed by atoms with Crippen molar-refractivity contribution in [3.63, 3.8) is 0 Å². The van der Waals surface area contributed by atoms with Crippen molar-refractivity contribution in [3.8, 4) is 5.75 Å². The lowest BCUT2D eigenvalue weighted by Gasteiger charge is -2.32. The molecule has 0 bridgehead atoms. The molecule has 0 radical (unpaired) electrons. The highest BCUT2D eigenvalue weighted by Gasteiger charge is 2.24. The zero-order valence-corrected chi connectivity index (χ0v) is 16.3. The van der Waals surface area contributed by atoms with Crippen LogP contribution in [0, 0.1) is 0 Å². The van der Waals surface area contributed by atoms with Gasteiger partial charge in [-0.3, -0.25) is 14.6 Å². The summed E-state index contributed by atoms with van der Waals surface area (Å²) in [6.07, 6.45) is 5.22. The summed E-state index contributed by atoms with van der Waals surface area (Å²) in [5, 5.41) is 3.00. The van der Waals surface area contributed by atoms with Crippen LogP contribution in [0.1, 0.15) is 42.2 Å². The molecular formula is C22H27N3O3. The molecule has 0 spiro atoms. The number of carbonyl (C=O) groups is 2. The van der Waals surface area contributed by atoms with Crippen LogP contribution >= 0.6 is 0 Å². The highest BCUT2D eigenvalue weighted by molar-refractivity contribution is 5.92. The van der Waals surface area contributed by atoms with Gasteiger partial charge in [0.25, 0.3) is 11.8 Å².